The lowest BCUT2D eigenvalue weighted by atomic mass is 9.87. The average Bonchev–Trinajstić information content (AvgIpc) is 2.81. The standard InChI is InChI=1S/C26H41NO6/c1-4-5-6-7-8-12-16-23(29)33-20-26(2,3)24(30)25(31)27-18-13-17-22(28)32-19-21-14-10-9-11-15-21/h9-11,14-15,24,30H,4-8,12-13,16-20H2,1-3H3,(H,27,31). The molecule has 2 N–H and O–H groups in total. The highest BCUT2D eigenvalue weighted by molar-refractivity contribution is 5.81. The van der Waals surface area contributed by atoms with Crippen LogP contribution >= 0.6 is 0 Å². The van der Waals surface area contributed by atoms with Gasteiger partial charge in [0.25, 0.3) is 0 Å². The van der Waals surface area contributed by atoms with Gasteiger partial charge in [0.2, 0.25) is 5.91 Å². The van der Waals surface area contributed by atoms with E-state index in [1.165, 1.54) is 19.3 Å². The van der Waals surface area contributed by atoms with Gasteiger partial charge in [-0.1, -0.05) is 83.2 Å². The van der Waals surface area contributed by atoms with Crippen LogP contribution in [0.2, 0.25) is 0 Å². The summed E-state index contributed by atoms with van der Waals surface area (Å²) in [5.74, 6) is -1.20. The molecule has 0 fully saturated rings. The maximum atomic E-state index is 12.3. The van der Waals surface area contributed by atoms with E-state index < -0.39 is 17.4 Å². The highest BCUT2D eigenvalue weighted by Gasteiger charge is 2.34. The van der Waals surface area contributed by atoms with Gasteiger partial charge in [0, 0.05) is 24.8 Å². The molecule has 0 heterocycles. The first-order chi connectivity index (χ1) is 15.8. The molecule has 0 bridgehead atoms. The summed E-state index contributed by atoms with van der Waals surface area (Å²) in [5.41, 5.74) is -0.00709. The fourth-order valence-electron chi connectivity index (χ4n) is 3.17. The molecule has 7 nitrogen and oxygen atoms in total. The Morgan fingerprint density at radius 1 is 0.909 bits per heavy atom. The molecule has 1 unspecified atom stereocenters. The first kappa shape index (κ1) is 28.6. The van der Waals surface area contributed by atoms with Crippen LogP contribution in [-0.2, 0) is 30.5 Å². The third-order valence-electron chi connectivity index (χ3n) is 5.43. The topological polar surface area (TPSA) is 102 Å². The van der Waals surface area contributed by atoms with Crippen LogP contribution in [-0.4, -0.2) is 42.2 Å². The fourth-order valence-corrected chi connectivity index (χ4v) is 3.17. The highest BCUT2D eigenvalue weighted by Crippen LogP contribution is 2.22. The van der Waals surface area contributed by atoms with E-state index in [2.05, 4.69) is 12.2 Å². The molecule has 1 amide bonds. The summed E-state index contributed by atoms with van der Waals surface area (Å²) in [6.45, 7) is 5.94. The van der Waals surface area contributed by atoms with Crippen molar-refractivity contribution in [2.45, 2.75) is 91.3 Å². The van der Waals surface area contributed by atoms with Crippen molar-refractivity contribution in [1.82, 2.24) is 5.32 Å². The number of esters is 2. The lowest BCUT2D eigenvalue weighted by Gasteiger charge is -2.29. The number of nitrogens with one attached hydrogen (secondary N) is 1. The van der Waals surface area contributed by atoms with Gasteiger partial charge in [-0.2, -0.15) is 0 Å². The summed E-state index contributed by atoms with van der Waals surface area (Å²) in [6.07, 6.45) is 6.11. The third kappa shape index (κ3) is 13.0. The number of benzene rings is 1. The van der Waals surface area contributed by atoms with E-state index in [1.54, 1.807) is 13.8 Å². The molecule has 186 valence electrons. The minimum absolute atomic E-state index is 0.0396. The number of aliphatic hydroxyl groups is 1. The average molecular weight is 464 g/mol. The smallest absolute Gasteiger partial charge is 0.306 e. The van der Waals surface area contributed by atoms with Gasteiger partial charge >= 0.3 is 11.9 Å². The van der Waals surface area contributed by atoms with Crippen molar-refractivity contribution in [1.29, 1.82) is 0 Å². The van der Waals surface area contributed by atoms with Crippen molar-refractivity contribution in [3.8, 4) is 0 Å². The number of ether oxygens (including phenoxy) is 2. The molecule has 1 aromatic rings. The van der Waals surface area contributed by atoms with Gasteiger partial charge < -0.3 is 19.9 Å². The number of hydrogen-bond acceptors (Lipinski definition) is 6. The molecular formula is C26H41NO6. The Balaban J connectivity index is 2.19. The summed E-state index contributed by atoms with van der Waals surface area (Å²) in [7, 11) is 0. The molecule has 0 aliphatic heterocycles. The quantitative estimate of drug-likeness (QED) is 0.264. The largest absolute Gasteiger partial charge is 0.465 e. The Labute approximate surface area is 198 Å². The first-order valence-electron chi connectivity index (χ1n) is 12.1. The summed E-state index contributed by atoms with van der Waals surface area (Å²) >= 11 is 0. The molecular weight excluding hydrogens is 422 g/mol. The molecule has 0 aromatic heterocycles. The maximum Gasteiger partial charge on any atom is 0.306 e. The van der Waals surface area contributed by atoms with Crippen molar-refractivity contribution in [2.24, 2.45) is 5.41 Å². The Bertz CT molecular complexity index is 704. The van der Waals surface area contributed by atoms with Crippen LogP contribution in [0.3, 0.4) is 0 Å². The molecule has 33 heavy (non-hydrogen) atoms. The zero-order chi connectivity index (χ0) is 24.5. The van der Waals surface area contributed by atoms with Gasteiger partial charge in [-0.05, 0) is 18.4 Å². The lowest BCUT2D eigenvalue weighted by molar-refractivity contribution is -0.153. The number of rotatable bonds is 17. The fraction of sp³-hybridized carbons (Fsp3) is 0.654. The molecule has 7 heteroatoms. The van der Waals surface area contributed by atoms with Crippen molar-refractivity contribution in [2.75, 3.05) is 13.2 Å². The second-order valence-corrected chi connectivity index (χ2v) is 9.11. The number of unbranched alkanes of at least 4 members (excludes halogenated alkanes) is 5. The van der Waals surface area contributed by atoms with Crippen molar-refractivity contribution < 1.29 is 29.0 Å². The predicted octanol–water partition coefficient (Wildman–Crippen LogP) is 4.31. The van der Waals surface area contributed by atoms with E-state index in [0.29, 0.717) is 12.8 Å². The van der Waals surface area contributed by atoms with Gasteiger partial charge in [-0.15, -0.1) is 0 Å². The molecule has 0 aliphatic carbocycles. The van der Waals surface area contributed by atoms with Crippen LogP contribution in [0.4, 0.5) is 0 Å². The second-order valence-electron chi connectivity index (χ2n) is 9.11. The van der Waals surface area contributed by atoms with Gasteiger partial charge in [0.05, 0.1) is 6.61 Å². The minimum atomic E-state index is -1.33. The summed E-state index contributed by atoms with van der Waals surface area (Å²) in [6, 6.07) is 9.40. The van der Waals surface area contributed by atoms with Gasteiger partial charge in [-0.25, -0.2) is 0 Å². The van der Waals surface area contributed by atoms with E-state index in [1.807, 2.05) is 30.3 Å². The second kappa shape index (κ2) is 16.2. The number of amides is 1. The van der Waals surface area contributed by atoms with Crippen LogP contribution in [0.25, 0.3) is 0 Å². The summed E-state index contributed by atoms with van der Waals surface area (Å²) in [5, 5.41) is 13.0. The molecule has 1 aromatic carbocycles. The lowest BCUT2D eigenvalue weighted by Crippen LogP contribution is -2.46. The van der Waals surface area contributed by atoms with Crippen LogP contribution < -0.4 is 5.32 Å². The van der Waals surface area contributed by atoms with E-state index in [-0.39, 0.29) is 38.1 Å². The third-order valence-corrected chi connectivity index (χ3v) is 5.43. The van der Waals surface area contributed by atoms with Crippen LogP contribution in [0, 0.1) is 5.41 Å². The number of carbonyl (C=O) groups excluding carboxylic acids is 3. The Morgan fingerprint density at radius 3 is 2.21 bits per heavy atom. The molecule has 0 aliphatic rings. The molecule has 1 rings (SSSR count). The Kier molecular flexibility index (Phi) is 14.1. The van der Waals surface area contributed by atoms with E-state index >= 15 is 0 Å². The molecule has 0 radical (unpaired) electrons. The van der Waals surface area contributed by atoms with Crippen molar-refractivity contribution >= 4 is 17.8 Å². The monoisotopic (exact) mass is 463 g/mol. The van der Waals surface area contributed by atoms with E-state index in [9.17, 15) is 19.5 Å². The van der Waals surface area contributed by atoms with Crippen LogP contribution in [0.1, 0.15) is 84.1 Å². The normalized spacial score (nSPS) is 12.1. The predicted molar refractivity (Wildman–Crippen MR) is 127 cm³/mol. The molecule has 0 saturated carbocycles. The number of aliphatic hydroxyl groups excluding tert-OH is 1. The highest BCUT2D eigenvalue weighted by atomic mass is 16.5. The van der Waals surface area contributed by atoms with Gasteiger partial charge in [0.1, 0.15) is 12.7 Å². The Morgan fingerprint density at radius 2 is 1.52 bits per heavy atom. The van der Waals surface area contributed by atoms with Crippen molar-refractivity contribution in [3.63, 3.8) is 0 Å². The zero-order valence-corrected chi connectivity index (χ0v) is 20.4. The summed E-state index contributed by atoms with van der Waals surface area (Å²) < 4.78 is 10.5. The summed E-state index contributed by atoms with van der Waals surface area (Å²) in [4.78, 5) is 36.0. The van der Waals surface area contributed by atoms with Gasteiger partial charge in [0.15, 0.2) is 0 Å². The van der Waals surface area contributed by atoms with E-state index in [4.69, 9.17) is 9.47 Å². The minimum Gasteiger partial charge on any atom is -0.465 e. The SMILES string of the molecule is CCCCCCCCC(=O)OCC(C)(C)C(O)C(=O)NCCCC(=O)OCc1ccccc1. The van der Waals surface area contributed by atoms with Crippen molar-refractivity contribution in [3.05, 3.63) is 35.9 Å². The first-order valence-corrected chi connectivity index (χ1v) is 12.1. The number of carbonyl (C=O) groups is 3. The van der Waals surface area contributed by atoms with E-state index in [0.717, 1.165) is 24.8 Å². The zero-order valence-electron chi connectivity index (χ0n) is 20.4. The molecule has 0 saturated heterocycles. The maximum absolute atomic E-state index is 12.3. The van der Waals surface area contributed by atoms with Crippen LogP contribution in [0.15, 0.2) is 30.3 Å². The molecule has 1 atom stereocenters. The number of hydrogen-bond donors (Lipinski definition) is 2. The molecule has 0 spiro atoms. The van der Waals surface area contributed by atoms with Crippen LogP contribution in [0.5, 0.6) is 0 Å². The Hall–Kier alpha value is -2.41. The van der Waals surface area contributed by atoms with Gasteiger partial charge in [-0.3, -0.25) is 14.4 Å².